The second kappa shape index (κ2) is 9.35. The van der Waals surface area contributed by atoms with Gasteiger partial charge in [-0.05, 0) is 59.5 Å². The van der Waals surface area contributed by atoms with E-state index in [0.717, 1.165) is 21.5 Å². The topological polar surface area (TPSA) is 47.6 Å². The first-order valence-electron chi connectivity index (χ1n) is 9.73. The van der Waals surface area contributed by atoms with Gasteiger partial charge in [0, 0.05) is 21.3 Å². The van der Waals surface area contributed by atoms with E-state index in [-0.39, 0.29) is 11.3 Å². The van der Waals surface area contributed by atoms with E-state index in [9.17, 15) is 4.79 Å². The van der Waals surface area contributed by atoms with Crippen molar-refractivity contribution in [3.8, 4) is 11.5 Å². The van der Waals surface area contributed by atoms with E-state index in [0.29, 0.717) is 17.9 Å². The maximum Gasteiger partial charge on any atom is 0.255 e. The molecule has 0 fully saturated rings. The first kappa shape index (κ1) is 21.9. The molecule has 4 nitrogen and oxygen atoms in total. The summed E-state index contributed by atoms with van der Waals surface area (Å²) in [6, 6.07) is 20.9. The highest BCUT2D eigenvalue weighted by Gasteiger charge is 2.14. The van der Waals surface area contributed by atoms with Gasteiger partial charge >= 0.3 is 0 Å². The van der Waals surface area contributed by atoms with E-state index in [2.05, 4.69) is 54.2 Å². The lowest BCUT2D eigenvalue weighted by Crippen LogP contribution is -2.13. The number of halogens is 1. The Kier molecular flexibility index (Phi) is 6.83. The molecule has 1 amide bonds. The molecule has 30 heavy (non-hydrogen) atoms. The highest BCUT2D eigenvalue weighted by atomic mass is 79.9. The van der Waals surface area contributed by atoms with Crippen molar-refractivity contribution in [1.29, 1.82) is 0 Å². The molecule has 0 spiro atoms. The molecule has 0 unspecified atom stereocenters. The van der Waals surface area contributed by atoms with Gasteiger partial charge in [0.1, 0.15) is 18.1 Å². The van der Waals surface area contributed by atoms with E-state index in [4.69, 9.17) is 9.47 Å². The summed E-state index contributed by atoms with van der Waals surface area (Å²) in [5, 5.41) is 2.91. The lowest BCUT2D eigenvalue weighted by Gasteiger charge is -2.19. The third-order valence-electron chi connectivity index (χ3n) is 4.74. The van der Waals surface area contributed by atoms with Crippen molar-refractivity contribution >= 4 is 27.5 Å². The minimum atomic E-state index is -0.188. The van der Waals surface area contributed by atoms with Crippen LogP contribution < -0.4 is 14.8 Å². The van der Waals surface area contributed by atoms with Crippen LogP contribution in [0.25, 0.3) is 0 Å². The average Bonchev–Trinajstić information content (AvgIpc) is 2.71. The van der Waals surface area contributed by atoms with Crippen LogP contribution in [-0.4, -0.2) is 13.0 Å². The fourth-order valence-corrected chi connectivity index (χ4v) is 3.41. The number of rotatable bonds is 6. The maximum absolute atomic E-state index is 12.7. The van der Waals surface area contributed by atoms with Crippen LogP contribution in [0.4, 0.5) is 5.69 Å². The molecule has 1 N–H and O–H groups in total. The zero-order chi connectivity index (χ0) is 21.7. The van der Waals surface area contributed by atoms with Crippen molar-refractivity contribution in [2.45, 2.75) is 32.8 Å². The Bertz CT molecular complexity index is 1020. The molecule has 0 saturated carbocycles. The van der Waals surface area contributed by atoms with Crippen LogP contribution >= 0.6 is 15.9 Å². The van der Waals surface area contributed by atoms with Gasteiger partial charge in [-0.3, -0.25) is 4.79 Å². The molecule has 0 heterocycles. The molecule has 0 saturated heterocycles. The number of ether oxygens (including phenoxy) is 2. The predicted molar refractivity (Wildman–Crippen MR) is 125 cm³/mol. The molecule has 0 aliphatic rings. The summed E-state index contributed by atoms with van der Waals surface area (Å²) in [6.45, 7) is 6.84. The third-order valence-corrected chi connectivity index (χ3v) is 5.23. The van der Waals surface area contributed by atoms with Gasteiger partial charge in [0.15, 0.2) is 0 Å². The second-order valence-corrected chi connectivity index (χ2v) is 8.97. The Balaban J connectivity index is 1.73. The second-order valence-electron chi connectivity index (χ2n) is 8.05. The predicted octanol–water partition coefficient (Wildman–Crippen LogP) is 6.59. The van der Waals surface area contributed by atoms with Crippen LogP contribution in [0.1, 0.15) is 42.3 Å². The number of carbonyl (C=O) groups is 1. The number of nitrogens with one attached hydrogen (secondary N) is 1. The Morgan fingerprint density at radius 1 is 1.00 bits per heavy atom. The molecular weight excluding hydrogens is 442 g/mol. The SMILES string of the molecule is COc1ccc(C(=O)Nc2cccc(Br)c2)cc1COc1ccc(C(C)(C)C)cc1. The molecule has 0 bridgehead atoms. The van der Waals surface area contributed by atoms with Crippen molar-refractivity contribution in [1.82, 2.24) is 0 Å². The average molecular weight is 468 g/mol. The molecule has 3 rings (SSSR count). The minimum Gasteiger partial charge on any atom is -0.496 e. The summed E-state index contributed by atoms with van der Waals surface area (Å²) < 4.78 is 12.3. The smallest absolute Gasteiger partial charge is 0.255 e. The van der Waals surface area contributed by atoms with E-state index < -0.39 is 0 Å². The van der Waals surface area contributed by atoms with Crippen molar-refractivity contribution < 1.29 is 14.3 Å². The minimum absolute atomic E-state index is 0.0950. The number of amides is 1. The normalized spacial score (nSPS) is 11.1. The lowest BCUT2D eigenvalue weighted by atomic mass is 9.87. The van der Waals surface area contributed by atoms with Gasteiger partial charge in [-0.15, -0.1) is 0 Å². The van der Waals surface area contributed by atoms with Crippen LogP contribution in [-0.2, 0) is 12.0 Å². The van der Waals surface area contributed by atoms with Crippen LogP contribution in [0.15, 0.2) is 71.2 Å². The van der Waals surface area contributed by atoms with Gasteiger partial charge < -0.3 is 14.8 Å². The van der Waals surface area contributed by atoms with Gasteiger partial charge in [0.25, 0.3) is 5.91 Å². The molecule has 156 valence electrons. The fraction of sp³-hybridized carbons (Fsp3) is 0.240. The number of carbonyl (C=O) groups excluding carboxylic acids is 1. The molecular formula is C25H26BrNO3. The highest BCUT2D eigenvalue weighted by molar-refractivity contribution is 9.10. The summed E-state index contributed by atoms with van der Waals surface area (Å²) in [5.74, 6) is 1.26. The van der Waals surface area contributed by atoms with Crippen LogP contribution in [0.2, 0.25) is 0 Å². The van der Waals surface area contributed by atoms with Crippen molar-refractivity contribution in [2.75, 3.05) is 12.4 Å². The van der Waals surface area contributed by atoms with E-state index in [1.807, 2.05) is 36.4 Å². The molecule has 3 aromatic rings. The van der Waals surface area contributed by atoms with E-state index in [1.54, 1.807) is 25.3 Å². The molecule has 5 heteroatoms. The first-order valence-corrected chi connectivity index (χ1v) is 10.5. The third kappa shape index (κ3) is 5.63. The van der Waals surface area contributed by atoms with Gasteiger partial charge in [-0.25, -0.2) is 0 Å². The van der Waals surface area contributed by atoms with Crippen molar-refractivity contribution in [2.24, 2.45) is 0 Å². The van der Waals surface area contributed by atoms with Crippen LogP contribution in [0, 0.1) is 0 Å². The summed E-state index contributed by atoms with van der Waals surface area (Å²) in [6.07, 6.45) is 0. The first-order chi connectivity index (χ1) is 14.3. The number of anilines is 1. The zero-order valence-electron chi connectivity index (χ0n) is 17.7. The van der Waals surface area contributed by atoms with Crippen LogP contribution in [0.3, 0.4) is 0 Å². The molecule has 0 aliphatic heterocycles. The van der Waals surface area contributed by atoms with Crippen molar-refractivity contribution in [3.05, 3.63) is 87.9 Å². The Labute approximate surface area is 186 Å². The molecule has 3 aromatic carbocycles. The summed E-state index contributed by atoms with van der Waals surface area (Å²) >= 11 is 3.41. The maximum atomic E-state index is 12.7. The Morgan fingerprint density at radius 2 is 1.73 bits per heavy atom. The van der Waals surface area contributed by atoms with Gasteiger partial charge in [-0.1, -0.05) is 54.9 Å². The molecule has 0 aliphatic carbocycles. The molecule has 0 radical (unpaired) electrons. The summed E-state index contributed by atoms with van der Waals surface area (Å²) in [7, 11) is 1.61. The largest absolute Gasteiger partial charge is 0.496 e. The number of methoxy groups -OCH3 is 1. The van der Waals surface area contributed by atoms with E-state index in [1.165, 1.54) is 5.56 Å². The number of benzene rings is 3. The van der Waals surface area contributed by atoms with Gasteiger partial charge in [0.2, 0.25) is 0 Å². The van der Waals surface area contributed by atoms with Crippen LogP contribution in [0.5, 0.6) is 11.5 Å². The van der Waals surface area contributed by atoms with E-state index >= 15 is 0 Å². The highest BCUT2D eigenvalue weighted by Crippen LogP contribution is 2.26. The fourth-order valence-electron chi connectivity index (χ4n) is 3.01. The molecule has 0 aromatic heterocycles. The number of hydrogen-bond acceptors (Lipinski definition) is 3. The quantitative estimate of drug-likeness (QED) is 0.444. The van der Waals surface area contributed by atoms with Gasteiger partial charge in [-0.2, -0.15) is 0 Å². The summed E-state index contributed by atoms with van der Waals surface area (Å²) in [4.78, 5) is 12.7. The molecule has 0 atom stereocenters. The Morgan fingerprint density at radius 3 is 2.37 bits per heavy atom. The zero-order valence-corrected chi connectivity index (χ0v) is 19.2. The monoisotopic (exact) mass is 467 g/mol. The summed E-state index contributed by atoms with van der Waals surface area (Å²) in [5.41, 5.74) is 3.41. The Hall–Kier alpha value is -2.79. The van der Waals surface area contributed by atoms with Gasteiger partial charge in [0.05, 0.1) is 7.11 Å². The van der Waals surface area contributed by atoms with Crippen molar-refractivity contribution in [3.63, 3.8) is 0 Å². The lowest BCUT2D eigenvalue weighted by molar-refractivity contribution is 0.102. The standard InChI is InChI=1S/C25H26BrNO3/c1-25(2,3)19-9-11-22(12-10-19)30-16-18-14-17(8-13-23(18)29-4)24(28)27-21-7-5-6-20(26)15-21/h5-15H,16H2,1-4H3,(H,27,28). The number of hydrogen-bond donors (Lipinski definition) is 1.